The number of carbonyl (C=O) groups is 1. The first-order valence-corrected chi connectivity index (χ1v) is 9.11. The molecular formula is C22H21NO3. The van der Waals surface area contributed by atoms with Gasteiger partial charge in [0.05, 0.1) is 17.0 Å². The van der Waals surface area contributed by atoms with E-state index in [0.717, 1.165) is 18.4 Å². The van der Waals surface area contributed by atoms with Gasteiger partial charge in [-0.15, -0.1) is 0 Å². The first kappa shape index (κ1) is 16.6. The molecule has 0 saturated carbocycles. The van der Waals surface area contributed by atoms with Crippen LogP contribution in [0.3, 0.4) is 0 Å². The fraction of sp³-hybridized carbons (Fsp3) is 0.273. The predicted molar refractivity (Wildman–Crippen MR) is 101 cm³/mol. The fourth-order valence-corrected chi connectivity index (χ4v) is 3.72. The van der Waals surface area contributed by atoms with Crippen LogP contribution < -0.4 is 5.43 Å². The van der Waals surface area contributed by atoms with Crippen LogP contribution in [-0.4, -0.2) is 17.4 Å². The van der Waals surface area contributed by atoms with Crippen molar-refractivity contribution in [3.05, 3.63) is 81.2 Å². The number of aryl methyl sites for hydroxylation is 1. The van der Waals surface area contributed by atoms with Crippen LogP contribution in [0.25, 0.3) is 11.0 Å². The van der Waals surface area contributed by atoms with Gasteiger partial charge in [-0.1, -0.05) is 50.2 Å². The molecule has 2 heterocycles. The lowest BCUT2D eigenvalue weighted by Crippen LogP contribution is -2.30. The molecule has 0 unspecified atom stereocenters. The summed E-state index contributed by atoms with van der Waals surface area (Å²) >= 11 is 0. The largest absolute Gasteiger partial charge is 0.450 e. The molecule has 1 aliphatic heterocycles. The van der Waals surface area contributed by atoms with Crippen molar-refractivity contribution in [3.8, 4) is 0 Å². The molecule has 4 nitrogen and oxygen atoms in total. The van der Waals surface area contributed by atoms with Crippen LogP contribution in [0.1, 0.15) is 53.6 Å². The maximum Gasteiger partial charge on any atom is 0.290 e. The average Bonchev–Trinajstić information content (AvgIpc) is 2.95. The van der Waals surface area contributed by atoms with Gasteiger partial charge < -0.3 is 9.32 Å². The molecule has 1 aliphatic rings. The van der Waals surface area contributed by atoms with Crippen molar-refractivity contribution < 1.29 is 9.21 Å². The maximum atomic E-state index is 13.2. The Labute approximate surface area is 152 Å². The number of carbonyl (C=O) groups excluding carboxylic acids is 1. The molecule has 0 fully saturated rings. The Balaban J connectivity index is 1.96. The summed E-state index contributed by atoms with van der Waals surface area (Å²) in [6.45, 7) is 4.71. The number of nitrogens with zero attached hydrogens (tertiary/aromatic N) is 1. The fourth-order valence-electron chi connectivity index (χ4n) is 3.72. The minimum absolute atomic E-state index is 0.113. The van der Waals surface area contributed by atoms with Crippen molar-refractivity contribution in [1.29, 1.82) is 0 Å². The van der Waals surface area contributed by atoms with E-state index in [-0.39, 0.29) is 23.1 Å². The summed E-state index contributed by atoms with van der Waals surface area (Å²) in [6, 6.07) is 14.9. The summed E-state index contributed by atoms with van der Waals surface area (Å²) in [4.78, 5) is 27.9. The van der Waals surface area contributed by atoms with Gasteiger partial charge in [0.25, 0.3) is 5.91 Å². The van der Waals surface area contributed by atoms with E-state index in [9.17, 15) is 9.59 Å². The van der Waals surface area contributed by atoms with Gasteiger partial charge in [0.1, 0.15) is 5.58 Å². The molecule has 4 heteroatoms. The Morgan fingerprint density at radius 1 is 1.00 bits per heavy atom. The zero-order valence-corrected chi connectivity index (χ0v) is 15.0. The van der Waals surface area contributed by atoms with Gasteiger partial charge in [-0.3, -0.25) is 9.59 Å². The molecule has 0 bridgehead atoms. The number of amides is 1. The predicted octanol–water partition coefficient (Wildman–Crippen LogP) is 4.31. The van der Waals surface area contributed by atoms with Crippen LogP contribution in [0.4, 0.5) is 0 Å². The Kier molecular flexibility index (Phi) is 4.11. The number of hydrogen-bond donors (Lipinski definition) is 0. The Bertz CT molecular complexity index is 1030. The highest BCUT2D eigenvalue weighted by Gasteiger charge is 2.42. The van der Waals surface area contributed by atoms with Gasteiger partial charge >= 0.3 is 0 Å². The molecule has 1 aromatic heterocycles. The monoisotopic (exact) mass is 347 g/mol. The van der Waals surface area contributed by atoms with Crippen molar-refractivity contribution in [2.24, 2.45) is 0 Å². The second-order valence-corrected chi connectivity index (χ2v) is 6.67. The zero-order valence-electron chi connectivity index (χ0n) is 15.0. The number of benzene rings is 2. The summed E-state index contributed by atoms with van der Waals surface area (Å²) in [5.74, 6) is -0.0130. The second kappa shape index (κ2) is 6.45. The highest BCUT2D eigenvalue weighted by molar-refractivity contribution is 5.99. The van der Waals surface area contributed by atoms with Gasteiger partial charge in [-0.05, 0) is 36.1 Å². The molecule has 4 rings (SSSR count). The molecule has 1 atom stereocenters. The minimum Gasteiger partial charge on any atom is -0.450 e. The van der Waals surface area contributed by atoms with E-state index < -0.39 is 0 Å². The smallest absolute Gasteiger partial charge is 0.290 e. The zero-order chi connectivity index (χ0) is 18.3. The van der Waals surface area contributed by atoms with Crippen molar-refractivity contribution in [3.63, 3.8) is 0 Å². The Hall–Kier alpha value is -2.88. The quantitative estimate of drug-likeness (QED) is 0.706. The SMILES string of the molecule is CCCN1C(=O)c2oc3ccccc3c(=O)c2[C@H]1c1ccc(CC)cc1. The number of para-hydroxylation sites is 1. The standard InChI is InChI=1S/C22H21NO3/c1-3-13-23-19(15-11-9-14(4-2)10-12-15)18-20(24)16-7-5-6-8-17(16)26-21(18)22(23)25/h5-12,19H,3-4,13H2,1-2H3/t19-/m1/s1. The lowest BCUT2D eigenvalue weighted by molar-refractivity contribution is 0.0728. The second-order valence-electron chi connectivity index (χ2n) is 6.67. The van der Waals surface area contributed by atoms with Crippen molar-refractivity contribution >= 4 is 16.9 Å². The molecule has 1 amide bonds. The molecule has 26 heavy (non-hydrogen) atoms. The third kappa shape index (κ3) is 2.45. The first-order chi connectivity index (χ1) is 12.7. The summed E-state index contributed by atoms with van der Waals surface area (Å²) in [7, 11) is 0. The van der Waals surface area contributed by atoms with Gasteiger partial charge in [0.15, 0.2) is 5.43 Å². The van der Waals surface area contributed by atoms with E-state index in [2.05, 4.69) is 19.1 Å². The summed E-state index contributed by atoms with van der Waals surface area (Å²) in [5, 5.41) is 0.521. The third-order valence-corrected chi connectivity index (χ3v) is 5.04. The molecular weight excluding hydrogens is 326 g/mol. The van der Waals surface area contributed by atoms with E-state index >= 15 is 0 Å². The van der Waals surface area contributed by atoms with Crippen molar-refractivity contribution in [2.45, 2.75) is 32.7 Å². The van der Waals surface area contributed by atoms with Gasteiger partial charge in [-0.25, -0.2) is 0 Å². The highest BCUT2D eigenvalue weighted by atomic mass is 16.3. The summed E-state index contributed by atoms with van der Waals surface area (Å²) < 4.78 is 5.88. The molecule has 0 N–H and O–H groups in total. The van der Waals surface area contributed by atoms with Crippen LogP contribution in [0.5, 0.6) is 0 Å². The van der Waals surface area contributed by atoms with Crippen molar-refractivity contribution in [2.75, 3.05) is 6.54 Å². The third-order valence-electron chi connectivity index (χ3n) is 5.04. The van der Waals surface area contributed by atoms with E-state index in [1.807, 2.05) is 31.2 Å². The molecule has 2 aromatic carbocycles. The number of fused-ring (bicyclic) bond motifs is 2. The average molecular weight is 347 g/mol. The first-order valence-electron chi connectivity index (χ1n) is 9.11. The van der Waals surface area contributed by atoms with E-state index in [1.54, 1.807) is 17.0 Å². The normalized spacial score (nSPS) is 16.3. The van der Waals surface area contributed by atoms with Gasteiger partial charge in [0.2, 0.25) is 5.76 Å². The van der Waals surface area contributed by atoms with Crippen LogP contribution in [0.15, 0.2) is 57.7 Å². The summed E-state index contributed by atoms with van der Waals surface area (Å²) in [5.41, 5.74) is 2.99. The van der Waals surface area contributed by atoms with Crippen molar-refractivity contribution in [1.82, 2.24) is 4.90 Å². The summed E-state index contributed by atoms with van der Waals surface area (Å²) in [6.07, 6.45) is 1.77. The molecule has 132 valence electrons. The van der Waals surface area contributed by atoms with Gasteiger partial charge in [0, 0.05) is 6.54 Å². The van der Waals surface area contributed by atoms with E-state index in [1.165, 1.54) is 5.56 Å². The van der Waals surface area contributed by atoms with Gasteiger partial charge in [-0.2, -0.15) is 0 Å². The number of hydrogen-bond acceptors (Lipinski definition) is 3. The Morgan fingerprint density at radius 2 is 1.73 bits per heavy atom. The van der Waals surface area contributed by atoms with E-state index in [4.69, 9.17) is 4.42 Å². The van der Waals surface area contributed by atoms with E-state index in [0.29, 0.717) is 23.1 Å². The molecule has 0 aliphatic carbocycles. The molecule has 0 saturated heterocycles. The lowest BCUT2D eigenvalue weighted by atomic mass is 9.97. The maximum absolute atomic E-state index is 13.2. The molecule has 0 spiro atoms. The number of rotatable bonds is 4. The topological polar surface area (TPSA) is 50.5 Å². The highest BCUT2D eigenvalue weighted by Crippen LogP contribution is 2.38. The molecule has 0 radical (unpaired) electrons. The molecule has 3 aromatic rings. The minimum atomic E-state index is -0.385. The van der Waals surface area contributed by atoms with Crippen LogP contribution in [0.2, 0.25) is 0 Å². The Morgan fingerprint density at radius 3 is 2.42 bits per heavy atom. The van der Waals surface area contributed by atoms with Crippen LogP contribution in [0, 0.1) is 0 Å². The van der Waals surface area contributed by atoms with Crippen LogP contribution in [-0.2, 0) is 6.42 Å². The van der Waals surface area contributed by atoms with Crippen LogP contribution >= 0.6 is 0 Å². The lowest BCUT2D eigenvalue weighted by Gasteiger charge is -2.24.